The maximum Gasteiger partial charge on any atom is 0.416 e. The minimum absolute atomic E-state index is 0. The minimum Gasteiger partial charge on any atom is -0.299 e. The van der Waals surface area contributed by atoms with Crippen LogP contribution in [-0.2, 0) is 32.1 Å². The van der Waals surface area contributed by atoms with Gasteiger partial charge >= 0.3 is 6.18 Å². The normalized spacial score (nSPS) is 16.5. The van der Waals surface area contributed by atoms with Crippen LogP contribution in [0.2, 0.25) is 0 Å². The fraction of sp³-hybridized carbons (Fsp3) is 0.457. The van der Waals surface area contributed by atoms with Crippen molar-refractivity contribution < 1.29 is 18.0 Å². The van der Waals surface area contributed by atoms with Crippen LogP contribution in [0.5, 0.6) is 0 Å². The van der Waals surface area contributed by atoms with Gasteiger partial charge in [0.05, 0.1) is 5.56 Å². The number of rotatable bonds is 9. The van der Waals surface area contributed by atoms with E-state index in [0.717, 1.165) is 70.0 Å². The third kappa shape index (κ3) is 9.81. The van der Waals surface area contributed by atoms with Gasteiger partial charge in [0, 0.05) is 38.2 Å². The second-order valence-electron chi connectivity index (χ2n) is 11.9. The van der Waals surface area contributed by atoms with Crippen LogP contribution in [0, 0.1) is 12.8 Å². The van der Waals surface area contributed by atoms with E-state index in [1.807, 2.05) is 6.07 Å². The van der Waals surface area contributed by atoms with Crippen LogP contribution in [0.4, 0.5) is 13.2 Å². The first-order valence-corrected chi connectivity index (χ1v) is 15.0. The summed E-state index contributed by atoms with van der Waals surface area (Å²) in [6.45, 7) is 7.52. The summed E-state index contributed by atoms with van der Waals surface area (Å²) in [7, 11) is 0. The van der Waals surface area contributed by atoms with E-state index in [0.29, 0.717) is 24.4 Å². The van der Waals surface area contributed by atoms with E-state index in [-0.39, 0.29) is 30.6 Å². The molecule has 2 aliphatic rings. The first kappa shape index (κ1) is 35.1. The molecule has 8 heteroatoms. The molecular weight excluding hydrogens is 592 g/mol. The predicted octanol–water partition coefficient (Wildman–Crippen LogP) is 8.72. The Morgan fingerprint density at radius 2 is 1.51 bits per heavy atom. The summed E-state index contributed by atoms with van der Waals surface area (Å²) in [5.74, 6) is 0.917. The van der Waals surface area contributed by atoms with Gasteiger partial charge in [0.15, 0.2) is 5.78 Å². The molecular formula is C35H43Cl2F3N2O. The van der Waals surface area contributed by atoms with Gasteiger partial charge in [0.1, 0.15) is 0 Å². The van der Waals surface area contributed by atoms with Crippen molar-refractivity contribution in [2.75, 3.05) is 26.2 Å². The highest BCUT2D eigenvalue weighted by Crippen LogP contribution is 2.30. The molecule has 43 heavy (non-hydrogen) atoms. The van der Waals surface area contributed by atoms with Crippen LogP contribution in [0.1, 0.15) is 75.8 Å². The molecule has 0 bridgehead atoms. The number of piperidine rings is 1. The van der Waals surface area contributed by atoms with Gasteiger partial charge in [-0.05, 0) is 104 Å². The lowest BCUT2D eigenvalue weighted by atomic mass is 9.90. The number of carbonyl (C=O) groups is 1. The largest absolute Gasteiger partial charge is 0.416 e. The van der Waals surface area contributed by atoms with E-state index in [1.54, 1.807) is 6.07 Å². The zero-order valence-electron chi connectivity index (χ0n) is 24.9. The molecule has 1 saturated heterocycles. The Hall–Kier alpha value is -2.38. The van der Waals surface area contributed by atoms with Crippen molar-refractivity contribution in [3.8, 4) is 0 Å². The van der Waals surface area contributed by atoms with Gasteiger partial charge in [0.2, 0.25) is 0 Å². The van der Waals surface area contributed by atoms with E-state index in [2.05, 4.69) is 53.1 Å². The van der Waals surface area contributed by atoms with E-state index in [4.69, 9.17) is 0 Å². The van der Waals surface area contributed by atoms with Gasteiger partial charge in [-0.2, -0.15) is 13.2 Å². The van der Waals surface area contributed by atoms with E-state index >= 15 is 0 Å². The van der Waals surface area contributed by atoms with Crippen molar-refractivity contribution >= 4 is 30.6 Å². The number of nitrogens with zero attached hydrogens (tertiary/aromatic N) is 2. The Balaban J connectivity index is 0.00000253. The molecule has 3 aromatic carbocycles. The van der Waals surface area contributed by atoms with E-state index in [1.165, 1.54) is 47.2 Å². The number of halogens is 5. The molecule has 1 fully saturated rings. The summed E-state index contributed by atoms with van der Waals surface area (Å²) in [6, 6.07) is 20.4. The van der Waals surface area contributed by atoms with Crippen LogP contribution in [-0.4, -0.2) is 41.8 Å². The first-order chi connectivity index (χ1) is 19.7. The summed E-state index contributed by atoms with van der Waals surface area (Å²) in [5.41, 5.74) is 6.09. The number of aryl methyl sites for hydroxylation is 1. The molecule has 0 unspecified atom stereocenters. The fourth-order valence-electron chi connectivity index (χ4n) is 6.36. The molecule has 0 spiro atoms. The fourth-order valence-corrected chi connectivity index (χ4v) is 6.36. The third-order valence-electron chi connectivity index (χ3n) is 8.96. The molecule has 234 valence electrons. The molecule has 2 heterocycles. The number of fused-ring (bicyclic) bond motifs is 1. The van der Waals surface area contributed by atoms with Crippen LogP contribution in [0.25, 0.3) is 0 Å². The number of likely N-dealkylation sites (tertiary alicyclic amines) is 1. The zero-order chi connectivity index (χ0) is 28.8. The standard InChI is InChI=1S/C35H41F3N2O.2ClH/c1-26-6-2-3-9-32(26)25-40-18-14-27(15-19-40)7-5-11-34(41)31-13-12-29-16-20-39(21-17-30(29)23-31)24-28-8-4-10-33(22-28)35(36,37)38;;/h2-4,6,8-10,12-13,22-23,27H,5,7,11,14-21,24-25H2,1H3;2*1H. The Morgan fingerprint density at radius 1 is 0.814 bits per heavy atom. The lowest BCUT2D eigenvalue weighted by molar-refractivity contribution is -0.137. The summed E-state index contributed by atoms with van der Waals surface area (Å²) in [4.78, 5) is 17.8. The van der Waals surface area contributed by atoms with Gasteiger partial charge < -0.3 is 0 Å². The lowest BCUT2D eigenvalue weighted by Gasteiger charge is -2.32. The topological polar surface area (TPSA) is 23.6 Å². The maximum absolute atomic E-state index is 13.1. The molecule has 0 aliphatic carbocycles. The molecule has 0 saturated carbocycles. The maximum atomic E-state index is 13.1. The van der Waals surface area contributed by atoms with Crippen molar-refractivity contribution in [1.29, 1.82) is 0 Å². The zero-order valence-corrected chi connectivity index (χ0v) is 26.5. The molecule has 0 N–H and O–H groups in total. The average Bonchev–Trinajstić information content (AvgIpc) is 3.16. The number of carbonyl (C=O) groups excluding carboxylic acids is 1. The van der Waals surface area contributed by atoms with Crippen molar-refractivity contribution in [3.05, 3.63) is 106 Å². The Bertz CT molecular complexity index is 1340. The van der Waals surface area contributed by atoms with Crippen LogP contribution in [0.3, 0.4) is 0 Å². The van der Waals surface area contributed by atoms with Crippen LogP contribution < -0.4 is 0 Å². The summed E-state index contributed by atoms with van der Waals surface area (Å²) in [5, 5.41) is 0. The number of Topliss-reactive ketones (excluding diaryl/α,β-unsaturated/α-hetero) is 1. The second kappa shape index (κ2) is 16.1. The number of alkyl halides is 3. The number of ketones is 1. The first-order valence-electron chi connectivity index (χ1n) is 15.0. The SMILES string of the molecule is Cc1ccccc1CN1CCC(CCCC(=O)c2ccc3c(c2)CCN(Cc2cccc(C(F)(F)F)c2)CC3)CC1.Cl.Cl. The smallest absolute Gasteiger partial charge is 0.299 e. The van der Waals surface area contributed by atoms with Gasteiger partial charge in [0.25, 0.3) is 0 Å². The molecule has 2 aliphatic heterocycles. The lowest BCUT2D eigenvalue weighted by Crippen LogP contribution is -2.33. The van der Waals surface area contributed by atoms with Crippen molar-refractivity contribution in [3.63, 3.8) is 0 Å². The highest BCUT2D eigenvalue weighted by atomic mass is 35.5. The van der Waals surface area contributed by atoms with Gasteiger partial charge in [-0.15, -0.1) is 24.8 Å². The van der Waals surface area contributed by atoms with Crippen LogP contribution >= 0.6 is 24.8 Å². The quantitative estimate of drug-likeness (QED) is 0.220. The Labute approximate surface area is 266 Å². The minimum atomic E-state index is -4.33. The van der Waals surface area contributed by atoms with Crippen LogP contribution in [0.15, 0.2) is 66.7 Å². The van der Waals surface area contributed by atoms with Crippen molar-refractivity contribution in [2.24, 2.45) is 5.92 Å². The molecule has 0 aromatic heterocycles. The summed E-state index contributed by atoms with van der Waals surface area (Å²) in [6.07, 6.45) is 2.35. The number of hydrogen-bond donors (Lipinski definition) is 0. The Kier molecular flexibility index (Phi) is 13.1. The van der Waals surface area contributed by atoms with Crippen molar-refractivity contribution in [2.45, 2.75) is 71.1 Å². The second-order valence-corrected chi connectivity index (χ2v) is 11.9. The monoisotopic (exact) mass is 634 g/mol. The summed E-state index contributed by atoms with van der Waals surface area (Å²) < 4.78 is 39.3. The number of hydrogen-bond acceptors (Lipinski definition) is 3. The molecule has 5 rings (SSSR count). The molecule has 3 aromatic rings. The molecule has 0 amide bonds. The molecule has 0 atom stereocenters. The molecule has 3 nitrogen and oxygen atoms in total. The summed E-state index contributed by atoms with van der Waals surface area (Å²) >= 11 is 0. The third-order valence-corrected chi connectivity index (χ3v) is 8.96. The number of benzene rings is 3. The average molecular weight is 636 g/mol. The van der Waals surface area contributed by atoms with E-state index in [9.17, 15) is 18.0 Å². The highest BCUT2D eigenvalue weighted by molar-refractivity contribution is 5.96. The predicted molar refractivity (Wildman–Crippen MR) is 172 cm³/mol. The van der Waals surface area contributed by atoms with E-state index < -0.39 is 11.7 Å². The van der Waals surface area contributed by atoms with Gasteiger partial charge in [-0.1, -0.05) is 54.6 Å². The van der Waals surface area contributed by atoms with Crippen molar-refractivity contribution in [1.82, 2.24) is 9.80 Å². The Morgan fingerprint density at radius 3 is 2.23 bits per heavy atom. The molecule has 0 radical (unpaired) electrons. The highest BCUT2D eigenvalue weighted by Gasteiger charge is 2.30. The van der Waals surface area contributed by atoms with Gasteiger partial charge in [-0.3, -0.25) is 14.6 Å². The van der Waals surface area contributed by atoms with Gasteiger partial charge in [-0.25, -0.2) is 0 Å².